The van der Waals surface area contributed by atoms with Gasteiger partial charge in [0, 0.05) is 12.6 Å². The molecule has 0 radical (unpaired) electrons. The summed E-state index contributed by atoms with van der Waals surface area (Å²) in [6, 6.07) is 10.6. The minimum Gasteiger partial charge on any atom is -0.348 e. The average Bonchev–Trinajstić information content (AvgIpc) is 2.50. The van der Waals surface area contributed by atoms with E-state index in [0.717, 1.165) is 18.5 Å². The molecule has 1 aromatic carbocycles. The molecule has 0 aromatic heterocycles. The van der Waals surface area contributed by atoms with Crippen LogP contribution < -0.4 is 11.1 Å². The van der Waals surface area contributed by atoms with E-state index in [-0.39, 0.29) is 11.9 Å². The summed E-state index contributed by atoms with van der Waals surface area (Å²) in [7, 11) is 0. The zero-order chi connectivity index (χ0) is 15.2. The van der Waals surface area contributed by atoms with E-state index < -0.39 is 0 Å². The van der Waals surface area contributed by atoms with Gasteiger partial charge in [0.2, 0.25) is 5.91 Å². The van der Waals surface area contributed by atoms with Gasteiger partial charge in [-0.1, -0.05) is 30.3 Å². The van der Waals surface area contributed by atoms with Crippen LogP contribution in [0.3, 0.4) is 0 Å². The summed E-state index contributed by atoms with van der Waals surface area (Å²) in [4.78, 5) is 14.5. The third-order valence-electron chi connectivity index (χ3n) is 4.47. The normalized spacial score (nSPS) is 24.5. The van der Waals surface area contributed by atoms with Crippen molar-refractivity contribution in [2.24, 2.45) is 11.7 Å². The van der Waals surface area contributed by atoms with Crippen LogP contribution in [0.15, 0.2) is 30.3 Å². The molecule has 4 nitrogen and oxygen atoms in total. The van der Waals surface area contributed by atoms with E-state index in [0.29, 0.717) is 25.0 Å². The third kappa shape index (κ3) is 4.55. The molecular formula is C17H27N3O. The molecule has 116 valence electrons. The summed E-state index contributed by atoms with van der Waals surface area (Å²) in [6.07, 6.45) is 2.31. The number of likely N-dealkylation sites (tertiary alicyclic amines) is 1. The highest BCUT2D eigenvalue weighted by Gasteiger charge is 2.26. The molecule has 3 unspecified atom stereocenters. The Morgan fingerprint density at radius 1 is 1.38 bits per heavy atom. The lowest BCUT2D eigenvalue weighted by molar-refractivity contribution is -0.124. The summed E-state index contributed by atoms with van der Waals surface area (Å²) in [5, 5.41) is 3.09. The molecule has 1 aliphatic rings. The van der Waals surface area contributed by atoms with Crippen molar-refractivity contribution < 1.29 is 4.79 Å². The number of rotatable bonds is 5. The molecule has 1 aromatic rings. The Hall–Kier alpha value is -1.39. The first-order valence-electron chi connectivity index (χ1n) is 7.88. The molecule has 3 N–H and O–H groups in total. The van der Waals surface area contributed by atoms with Crippen molar-refractivity contribution in [3.05, 3.63) is 35.9 Å². The zero-order valence-corrected chi connectivity index (χ0v) is 13.1. The van der Waals surface area contributed by atoms with E-state index >= 15 is 0 Å². The number of carbonyl (C=O) groups is 1. The maximum atomic E-state index is 12.3. The van der Waals surface area contributed by atoms with Gasteiger partial charge in [0.15, 0.2) is 0 Å². The van der Waals surface area contributed by atoms with Crippen LogP contribution in [0.4, 0.5) is 0 Å². The quantitative estimate of drug-likeness (QED) is 0.870. The predicted molar refractivity (Wildman–Crippen MR) is 85.8 cm³/mol. The van der Waals surface area contributed by atoms with E-state index in [9.17, 15) is 4.79 Å². The fourth-order valence-electron chi connectivity index (χ4n) is 2.97. The maximum absolute atomic E-state index is 12.3. The van der Waals surface area contributed by atoms with E-state index in [1.165, 1.54) is 6.42 Å². The van der Waals surface area contributed by atoms with Crippen LogP contribution in [0.1, 0.15) is 38.3 Å². The minimum absolute atomic E-state index is 0.0455. The second kappa shape index (κ2) is 7.57. The van der Waals surface area contributed by atoms with Gasteiger partial charge in [0.05, 0.1) is 12.6 Å². The van der Waals surface area contributed by atoms with E-state index in [1.807, 2.05) is 37.3 Å². The summed E-state index contributed by atoms with van der Waals surface area (Å²) in [5.41, 5.74) is 6.91. The molecule has 21 heavy (non-hydrogen) atoms. The van der Waals surface area contributed by atoms with Gasteiger partial charge in [-0.05, 0) is 44.7 Å². The highest BCUT2D eigenvalue weighted by atomic mass is 16.2. The molecule has 1 saturated heterocycles. The summed E-state index contributed by atoms with van der Waals surface area (Å²) >= 11 is 0. The van der Waals surface area contributed by atoms with Crippen molar-refractivity contribution in [1.82, 2.24) is 10.2 Å². The number of amides is 1. The first kappa shape index (κ1) is 16.0. The number of piperidine rings is 1. The Kier molecular flexibility index (Phi) is 5.76. The first-order chi connectivity index (χ1) is 10.1. The molecule has 0 saturated carbocycles. The first-order valence-corrected chi connectivity index (χ1v) is 7.88. The standard InChI is InChI=1S/C17H27N3O/c1-13-8-9-15(10-18)11-20(13)12-17(21)19-14(2)16-6-4-3-5-7-16/h3-7,13-15H,8-12,18H2,1-2H3,(H,19,21). The second-order valence-electron chi connectivity index (χ2n) is 6.16. The molecule has 0 bridgehead atoms. The maximum Gasteiger partial charge on any atom is 0.234 e. The highest BCUT2D eigenvalue weighted by Crippen LogP contribution is 2.20. The number of carbonyl (C=O) groups excluding carboxylic acids is 1. The number of nitrogens with zero attached hydrogens (tertiary/aromatic N) is 1. The fourth-order valence-corrected chi connectivity index (χ4v) is 2.97. The van der Waals surface area contributed by atoms with E-state index in [2.05, 4.69) is 17.1 Å². The van der Waals surface area contributed by atoms with Crippen LogP contribution in [-0.4, -0.2) is 36.5 Å². The van der Waals surface area contributed by atoms with Crippen molar-refractivity contribution in [2.75, 3.05) is 19.6 Å². The van der Waals surface area contributed by atoms with Crippen molar-refractivity contribution in [3.8, 4) is 0 Å². The molecule has 1 amide bonds. The van der Waals surface area contributed by atoms with Gasteiger partial charge in [0.1, 0.15) is 0 Å². The topological polar surface area (TPSA) is 58.4 Å². The van der Waals surface area contributed by atoms with Crippen LogP contribution >= 0.6 is 0 Å². The lowest BCUT2D eigenvalue weighted by atomic mass is 9.93. The van der Waals surface area contributed by atoms with Gasteiger partial charge in [-0.25, -0.2) is 0 Å². The van der Waals surface area contributed by atoms with Gasteiger partial charge in [-0.3, -0.25) is 9.69 Å². The molecule has 1 heterocycles. The molecule has 1 aliphatic heterocycles. The van der Waals surface area contributed by atoms with Crippen molar-refractivity contribution in [1.29, 1.82) is 0 Å². The number of benzene rings is 1. The van der Waals surface area contributed by atoms with Crippen LogP contribution in [0.2, 0.25) is 0 Å². The lowest BCUT2D eigenvalue weighted by Gasteiger charge is -2.37. The fraction of sp³-hybridized carbons (Fsp3) is 0.588. The largest absolute Gasteiger partial charge is 0.348 e. The van der Waals surface area contributed by atoms with Crippen molar-refractivity contribution in [2.45, 2.75) is 38.8 Å². The van der Waals surface area contributed by atoms with Gasteiger partial charge < -0.3 is 11.1 Å². The smallest absolute Gasteiger partial charge is 0.234 e. The third-order valence-corrected chi connectivity index (χ3v) is 4.47. The van der Waals surface area contributed by atoms with E-state index in [1.54, 1.807) is 0 Å². The minimum atomic E-state index is 0.0455. The SMILES string of the molecule is CC(NC(=O)CN1CC(CN)CCC1C)c1ccccc1. The molecule has 3 atom stereocenters. The summed E-state index contributed by atoms with van der Waals surface area (Å²) in [5.74, 6) is 0.622. The Labute approximate surface area is 127 Å². The van der Waals surface area contributed by atoms with Crippen molar-refractivity contribution >= 4 is 5.91 Å². The zero-order valence-electron chi connectivity index (χ0n) is 13.1. The van der Waals surface area contributed by atoms with Crippen LogP contribution in [0, 0.1) is 5.92 Å². The van der Waals surface area contributed by atoms with Crippen molar-refractivity contribution in [3.63, 3.8) is 0 Å². The second-order valence-corrected chi connectivity index (χ2v) is 6.16. The van der Waals surface area contributed by atoms with Gasteiger partial charge >= 0.3 is 0 Å². The van der Waals surface area contributed by atoms with Gasteiger partial charge in [-0.2, -0.15) is 0 Å². The number of nitrogens with two attached hydrogens (primary N) is 1. The molecular weight excluding hydrogens is 262 g/mol. The summed E-state index contributed by atoms with van der Waals surface area (Å²) in [6.45, 7) is 6.33. The Bertz CT molecular complexity index is 449. The number of nitrogens with one attached hydrogen (secondary N) is 1. The molecule has 4 heteroatoms. The number of hydrogen-bond acceptors (Lipinski definition) is 3. The van der Waals surface area contributed by atoms with Crippen LogP contribution in [-0.2, 0) is 4.79 Å². The Morgan fingerprint density at radius 2 is 2.10 bits per heavy atom. The lowest BCUT2D eigenvalue weighted by Crippen LogP contribution is -2.48. The monoisotopic (exact) mass is 289 g/mol. The van der Waals surface area contributed by atoms with Gasteiger partial charge in [-0.15, -0.1) is 0 Å². The highest BCUT2D eigenvalue weighted by molar-refractivity contribution is 5.78. The Morgan fingerprint density at radius 3 is 2.76 bits per heavy atom. The predicted octanol–water partition coefficient (Wildman–Crippen LogP) is 1.92. The molecule has 0 spiro atoms. The summed E-state index contributed by atoms with van der Waals surface area (Å²) < 4.78 is 0. The average molecular weight is 289 g/mol. The molecule has 0 aliphatic carbocycles. The van der Waals surface area contributed by atoms with Gasteiger partial charge in [0.25, 0.3) is 0 Å². The molecule has 2 rings (SSSR count). The number of hydrogen-bond donors (Lipinski definition) is 2. The van der Waals surface area contributed by atoms with Crippen LogP contribution in [0.5, 0.6) is 0 Å². The van der Waals surface area contributed by atoms with E-state index in [4.69, 9.17) is 5.73 Å². The Balaban J connectivity index is 1.86. The molecule has 1 fully saturated rings. The van der Waals surface area contributed by atoms with Crippen LogP contribution in [0.25, 0.3) is 0 Å².